The summed E-state index contributed by atoms with van der Waals surface area (Å²) in [5.41, 5.74) is 0.735. The van der Waals surface area contributed by atoms with Crippen LogP contribution in [0.1, 0.15) is 25.7 Å². The van der Waals surface area contributed by atoms with Crippen LogP contribution in [0.5, 0.6) is 0 Å². The number of carbonyl (C=O) groups is 1. The number of carbonyl (C=O) groups excluding carboxylic acids is 1. The van der Waals surface area contributed by atoms with E-state index in [0.29, 0.717) is 6.04 Å². The molecule has 5 nitrogen and oxygen atoms in total. The summed E-state index contributed by atoms with van der Waals surface area (Å²) in [6, 6.07) is 6.72. The third-order valence-electron chi connectivity index (χ3n) is 3.46. The summed E-state index contributed by atoms with van der Waals surface area (Å²) in [6.45, 7) is 0.203. The highest BCUT2D eigenvalue weighted by Gasteiger charge is 2.16. The summed E-state index contributed by atoms with van der Waals surface area (Å²) in [5.74, 6) is -0.0240. The Kier molecular flexibility index (Phi) is 4.65. The average molecular weight is 296 g/mol. The van der Waals surface area contributed by atoms with Gasteiger partial charge >= 0.3 is 0 Å². The zero-order chi connectivity index (χ0) is 14.6. The summed E-state index contributed by atoms with van der Waals surface area (Å²) in [4.78, 5) is 12.0. The van der Waals surface area contributed by atoms with E-state index in [0.717, 1.165) is 18.5 Å². The van der Waals surface area contributed by atoms with Gasteiger partial charge in [0.1, 0.15) is 0 Å². The molecule has 6 heteroatoms. The van der Waals surface area contributed by atoms with Crippen molar-refractivity contribution < 1.29 is 13.2 Å². The SMILES string of the molecule is CS(=O)(=O)c1ccc(NCC(=O)NC2CCCC2)cc1. The number of anilines is 1. The number of hydrogen-bond acceptors (Lipinski definition) is 4. The summed E-state index contributed by atoms with van der Waals surface area (Å²) in [6.07, 6.45) is 5.67. The Labute approximate surface area is 119 Å². The van der Waals surface area contributed by atoms with Crippen molar-refractivity contribution >= 4 is 21.4 Å². The van der Waals surface area contributed by atoms with Crippen molar-refractivity contribution in [3.05, 3.63) is 24.3 Å². The highest BCUT2D eigenvalue weighted by Crippen LogP contribution is 2.17. The molecular formula is C14H20N2O3S. The van der Waals surface area contributed by atoms with Gasteiger partial charge in [0.05, 0.1) is 11.4 Å². The van der Waals surface area contributed by atoms with Crippen molar-refractivity contribution in [2.24, 2.45) is 0 Å². The molecule has 0 spiro atoms. The summed E-state index contributed by atoms with van der Waals surface area (Å²) in [7, 11) is -3.17. The van der Waals surface area contributed by atoms with Gasteiger partial charge in [0, 0.05) is 18.0 Å². The van der Waals surface area contributed by atoms with E-state index in [2.05, 4.69) is 10.6 Å². The van der Waals surface area contributed by atoms with Crippen LogP contribution in [0.4, 0.5) is 5.69 Å². The van der Waals surface area contributed by atoms with Gasteiger partial charge in [0.25, 0.3) is 0 Å². The topological polar surface area (TPSA) is 75.3 Å². The first-order valence-corrected chi connectivity index (χ1v) is 8.67. The Bertz CT molecular complexity index is 561. The minimum absolute atomic E-state index is 0.0240. The van der Waals surface area contributed by atoms with Gasteiger partial charge in [0.15, 0.2) is 9.84 Å². The highest BCUT2D eigenvalue weighted by atomic mass is 32.2. The lowest BCUT2D eigenvalue weighted by Crippen LogP contribution is -2.36. The van der Waals surface area contributed by atoms with Crippen LogP contribution in [0.15, 0.2) is 29.2 Å². The van der Waals surface area contributed by atoms with E-state index in [1.165, 1.54) is 31.2 Å². The molecule has 110 valence electrons. The standard InChI is InChI=1S/C14H20N2O3S/c1-20(18,19)13-8-6-11(7-9-13)15-10-14(17)16-12-4-2-3-5-12/h6-9,12,15H,2-5,10H2,1H3,(H,16,17). The number of nitrogens with one attached hydrogen (secondary N) is 2. The average Bonchev–Trinajstić information content (AvgIpc) is 2.88. The molecule has 1 aliphatic carbocycles. The molecule has 0 aromatic heterocycles. The number of benzene rings is 1. The quantitative estimate of drug-likeness (QED) is 0.864. The van der Waals surface area contributed by atoms with Crippen molar-refractivity contribution in [1.82, 2.24) is 5.32 Å². The fourth-order valence-corrected chi connectivity index (χ4v) is 2.98. The fourth-order valence-electron chi connectivity index (χ4n) is 2.35. The van der Waals surface area contributed by atoms with Crippen molar-refractivity contribution in [2.75, 3.05) is 18.1 Å². The van der Waals surface area contributed by atoms with Crippen LogP contribution in [0, 0.1) is 0 Å². The maximum Gasteiger partial charge on any atom is 0.239 e. The predicted molar refractivity (Wildman–Crippen MR) is 78.4 cm³/mol. The second-order valence-electron chi connectivity index (χ2n) is 5.20. The first-order chi connectivity index (χ1) is 9.45. The van der Waals surface area contributed by atoms with Gasteiger partial charge in [-0.25, -0.2) is 8.42 Å². The molecule has 1 saturated carbocycles. The van der Waals surface area contributed by atoms with Gasteiger partial charge in [-0.2, -0.15) is 0 Å². The van der Waals surface area contributed by atoms with Crippen molar-refractivity contribution in [1.29, 1.82) is 0 Å². The zero-order valence-corrected chi connectivity index (χ0v) is 12.4. The van der Waals surface area contributed by atoms with E-state index in [9.17, 15) is 13.2 Å². The largest absolute Gasteiger partial charge is 0.376 e. The number of sulfone groups is 1. The van der Waals surface area contributed by atoms with E-state index in [1.54, 1.807) is 12.1 Å². The molecule has 2 N–H and O–H groups in total. The van der Waals surface area contributed by atoms with Crippen LogP contribution < -0.4 is 10.6 Å². The maximum absolute atomic E-state index is 11.7. The molecule has 1 aromatic rings. The normalized spacial score (nSPS) is 16.1. The second kappa shape index (κ2) is 6.26. The van der Waals surface area contributed by atoms with Gasteiger partial charge in [0.2, 0.25) is 5.91 Å². The molecule has 0 atom stereocenters. The third kappa shape index (κ3) is 4.23. The Balaban J connectivity index is 1.83. The van der Waals surface area contributed by atoms with E-state index in [1.807, 2.05) is 0 Å². The molecule has 1 amide bonds. The van der Waals surface area contributed by atoms with E-state index < -0.39 is 9.84 Å². The maximum atomic E-state index is 11.7. The van der Waals surface area contributed by atoms with Gasteiger partial charge in [-0.15, -0.1) is 0 Å². The summed E-state index contributed by atoms with van der Waals surface area (Å²) < 4.78 is 22.6. The Morgan fingerprint density at radius 1 is 1.20 bits per heavy atom. The van der Waals surface area contributed by atoms with Crippen molar-refractivity contribution in [3.8, 4) is 0 Å². The molecule has 2 rings (SSSR count). The van der Waals surface area contributed by atoms with Gasteiger partial charge in [-0.05, 0) is 37.1 Å². The molecule has 0 radical (unpaired) electrons. The van der Waals surface area contributed by atoms with Crippen molar-refractivity contribution in [2.45, 2.75) is 36.6 Å². The molecule has 0 heterocycles. The zero-order valence-electron chi connectivity index (χ0n) is 11.6. The lowest BCUT2D eigenvalue weighted by atomic mass is 10.2. The molecule has 1 aliphatic rings. The molecule has 0 unspecified atom stereocenters. The molecule has 0 saturated heterocycles. The number of amides is 1. The minimum Gasteiger partial charge on any atom is -0.376 e. The Morgan fingerprint density at radius 2 is 1.80 bits per heavy atom. The molecule has 0 bridgehead atoms. The lowest BCUT2D eigenvalue weighted by Gasteiger charge is -2.13. The number of hydrogen-bond donors (Lipinski definition) is 2. The first-order valence-electron chi connectivity index (χ1n) is 6.78. The third-order valence-corrected chi connectivity index (χ3v) is 4.58. The van der Waals surface area contributed by atoms with Crippen LogP contribution in [0.3, 0.4) is 0 Å². The van der Waals surface area contributed by atoms with E-state index in [-0.39, 0.29) is 17.3 Å². The lowest BCUT2D eigenvalue weighted by molar-refractivity contribution is -0.120. The Hall–Kier alpha value is -1.56. The Morgan fingerprint density at radius 3 is 2.35 bits per heavy atom. The van der Waals surface area contributed by atoms with Gasteiger partial charge in [-0.3, -0.25) is 4.79 Å². The van der Waals surface area contributed by atoms with Crippen LogP contribution >= 0.6 is 0 Å². The minimum atomic E-state index is -3.17. The van der Waals surface area contributed by atoms with E-state index >= 15 is 0 Å². The van der Waals surface area contributed by atoms with Crippen LogP contribution in [0.25, 0.3) is 0 Å². The molecule has 1 aromatic carbocycles. The van der Waals surface area contributed by atoms with E-state index in [4.69, 9.17) is 0 Å². The van der Waals surface area contributed by atoms with Gasteiger partial charge < -0.3 is 10.6 Å². The predicted octanol–water partition coefficient (Wildman–Crippen LogP) is 1.56. The first kappa shape index (κ1) is 14.8. The molecule has 0 aliphatic heterocycles. The highest BCUT2D eigenvalue weighted by molar-refractivity contribution is 7.90. The molecular weight excluding hydrogens is 276 g/mol. The molecule has 1 fully saturated rings. The van der Waals surface area contributed by atoms with Crippen LogP contribution in [0.2, 0.25) is 0 Å². The monoisotopic (exact) mass is 296 g/mol. The smallest absolute Gasteiger partial charge is 0.239 e. The van der Waals surface area contributed by atoms with Crippen LogP contribution in [-0.2, 0) is 14.6 Å². The fraction of sp³-hybridized carbons (Fsp3) is 0.500. The number of rotatable bonds is 5. The van der Waals surface area contributed by atoms with Gasteiger partial charge in [-0.1, -0.05) is 12.8 Å². The second-order valence-corrected chi connectivity index (χ2v) is 7.21. The summed E-state index contributed by atoms with van der Waals surface area (Å²) in [5, 5.41) is 5.98. The van der Waals surface area contributed by atoms with Crippen molar-refractivity contribution in [3.63, 3.8) is 0 Å². The van der Waals surface area contributed by atoms with Crippen LogP contribution in [-0.4, -0.2) is 33.2 Å². The molecule has 20 heavy (non-hydrogen) atoms. The summed E-state index contributed by atoms with van der Waals surface area (Å²) >= 11 is 0.